The van der Waals surface area contributed by atoms with E-state index in [2.05, 4.69) is 37.5 Å². The molecule has 2 N–H and O–H groups in total. The standard InChI is InChI=1S/C15H21N7/c1-15-9-16-5-11(15)7-22(10-15)13-3-4-17-14(20-13)19-12-6-18-21(2)8-12/h3-4,6,8,11,16H,5,7,9-10H2,1-2H3,(H,17,19,20)/t11-,15+/m0/s1. The van der Waals surface area contributed by atoms with Crippen molar-refractivity contribution >= 4 is 17.5 Å². The minimum absolute atomic E-state index is 0.363. The Balaban J connectivity index is 1.52. The molecular weight excluding hydrogens is 278 g/mol. The van der Waals surface area contributed by atoms with Gasteiger partial charge in [-0.1, -0.05) is 6.92 Å². The number of aryl methyl sites for hydroxylation is 1. The average Bonchev–Trinajstić information content (AvgIpc) is 3.13. The first-order valence-corrected chi connectivity index (χ1v) is 7.67. The fourth-order valence-electron chi connectivity index (χ4n) is 3.53. The van der Waals surface area contributed by atoms with Gasteiger partial charge in [0.1, 0.15) is 5.82 Å². The Bertz CT molecular complexity index is 682. The maximum atomic E-state index is 4.66. The van der Waals surface area contributed by atoms with E-state index in [1.807, 2.05) is 25.5 Å². The van der Waals surface area contributed by atoms with E-state index in [-0.39, 0.29) is 0 Å². The fraction of sp³-hybridized carbons (Fsp3) is 0.533. The molecule has 0 aliphatic carbocycles. The number of aromatic nitrogens is 4. The van der Waals surface area contributed by atoms with Gasteiger partial charge in [0.2, 0.25) is 5.95 Å². The maximum Gasteiger partial charge on any atom is 0.229 e. The van der Waals surface area contributed by atoms with Gasteiger partial charge in [-0.15, -0.1) is 0 Å². The minimum Gasteiger partial charge on any atom is -0.355 e. The van der Waals surface area contributed by atoms with Gasteiger partial charge in [0.05, 0.1) is 11.9 Å². The lowest BCUT2D eigenvalue weighted by atomic mass is 9.83. The van der Waals surface area contributed by atoms with Crippen molar-refractivity contribution in [2.24, 2.45) is 18.4 Å². The molecule has 7 nitrogen and oxygen atoms in total. The molecule has 2 aromatic heterocycles. The first-order chi connectivity index (χ1) is 10.6. The quantitative estimate of drug-likeness (QED) is 0.881. The predicted molar refractivity (Wildman–Crippen MR) is 85.2 cm³/mol. The van der Waals surface area contributed by atoms with Gasteiger partial charge < -0.3 is 15.5 Å². The minimum atomic E-state index is 0.363. The van der Waals surface area contributed by atoms with E-state index in [4.69, 9.17) is 0 Å². The summed E-state index contributed by atoms with van der Waals surface area (Å²) < 4.78 is 1.75. The van der Waals surface area contributed by atoms with Crippen LogP contribution < -0.4 is 15.5 Å². The number of rotatable bonds is 3. The molecule has 0 amide bonds. The molecule has 0 radical (unpaired) electrons. The van der Waals surface area contributed by atoms with Crippen LogP contribution in [0.5, 0.6) is 0 Å². The summed E-state index contributed by atoms with van der Waals surface area (Å²) in [5.41, 5.74) is 1.26. The summed E-state index contributed by atoms with van der Waals surface area (Å²) in [6.45, 7) is 6.69. The van der Waals surface area contributed by atoms with Crippen molar-refractivity contribution in [2.45, 2.75) is 6.92 Å². The van der Waals surface area contributed by atoms with Gasteiger partial charge in [-0.05, 0) is 12.0 Å². The summed E-state index contributed by atoms with van der Waals surface area (Å²) in [6.07, 6.45) is 5.49. The number of nitrogens with zero attached hydrogens (tertiary/aromatic N) is 5. The van der Waals surface area contributed by atoms with Crippen LogP contribution >= 0.6 is 0 Å². The van der Waals surface area contributed by atoms with Crippen molar-refractivity contribution in [3.8, 4) is 0 Å². The Labute approximate surface area is 129 Å². The predicted octanol–water partition coefficient (Wildman–Crippen LogP) is 0.999. The van der Waals surface area contributed by atoms with Gasteiger partial charge >= 0.3 is 0 Å². The third-order valence-electron chi connectivity index (χ3n) is 4.82. The average molecular weight is 299 g/mol. The Morgan fingerprint density at radius 2 is 2.36 bits per heavy atom. The lowest BCUT2D eigenvalue weighted by molar-refractivity contribution is 0.338. The van der Waals surface area contributed by atoms with E-state index in [1.54, 1.807) is 10.9 Å². The molecule has 2 atom stereocenters. The van der Waals surface area contributed by atoms with E-state index in [9.17, 15) is 0 Å². The van der Waals surface area contributed by atoms with Crippen molar-refractivity contribution in [3.63, 3.8) is 0 Å². The molecule has 22 heavy (non-hydrogen) atoms. The van der Waals surface area contributed by atoms with E-state index >= 15 is 0 Å². The lowest BCUT2D eigenvalue weighted by Gasteiger charge is -2.23. The number of hydrogen-bond donors (Lipinski definition) is 2. The third-order valence-corrected chi connectivity index (χ3v) is 4.82. The zero-order valence-electron chi connectivity index (χ0n) is 13.0. The lowest BCUT2D eigenvalue weighted by Crippen LogP contribution is -2.30. The third kappa shape index (κ3) is 2.31. The molecule has 0 bridgehead atoms. The highest BCUT2D eigenvalue weighted by Crippen LogP contribution is 2.39. The van der Waals surface area contributed by atoms with E-state index in [1.165, 1.54) is 0 Å². The Morgan fingerprint density at radius 1 is 1.45 bits per heavy atom. The molecule has 0 unspecified atom stereocenters. The monoisotopic (exact) mass is 299 g/mol. The van der Waals surface area contributed by atoms with Crippen LogP contribution in [0.25, 0.3) is 0 Å². The van der Waals surface area contributed by atoms with Crippen LogP contribution in [0, 0.1) is 11.3 Å². The van der Waals surface area contributed by atoms with Crippen LogP contribution in [-0.2, 0) is 7.05 Å². The van der Waals surface area contributed by atoms with Gasteiger partial charge in [-0.2, -0.15) is 10.1 Å². The van der Waals surface area contributed by atoms with Gasteiger partial charge in [-0.3, -0.25) is 4.68 Å². The first kappa shape index (κ1) is 13.5. The first-order valence-electron chi connectivity index (χ1n) is 7.67. The largest absolute Gasteiger partial charge is 0.355 e. The molecule has 4 heterocycles. The maximum absolute atomic E-state index is 4.66. The number of nitrogens with one attached hydrogen (secondary N) is 2. The Hall–Kier alpha value is -2.15. The summed E-state index contributed by atoms with van der Waals surface area (Å²) in [6, 6.07) is 1.99. The van der Waals surface area contributed by atoms with Crippen molar-refractivity contribution in [2.75, 3.05) is 36.4 Å². The van der Waals surface area contributed by atoms with Crippen LogP contribution in [0.1, 0.15) is 6.92 Å². The molecule has 2 saturated heterocycles. The van der Waals surface area contributed by atoms with Gasteiger partial charge in [0.15, 0.2) is 0 Å². The highest BCUT2D eigenvalue weighted by atomic mass is 15.3. The molecule has 2 aliphatic heterocycles. The smallest absolute Gasteiger partial charge is 0.229 e. The highest BCUT2D eigenvalue weighted by Gasteiger charge is 2.46. The molecule has 0 aromatic carbocycles. The second kappa shape index (κ2) is 4.95. The normalized spacial score (nSPS) is 27.2. The Morgan fingerprint density at radius 3 is 3.14 bits per heavy atom. The van der Waals surface area contributed by atoms with E-state index < -0.39 is 0 Å². The van der Waals surface area contributed by atoms with Gasteiger partial charge in [0, 0.05) is 51.0 Å². The highest BCUT2D eigenvalue weighted by molar-refractivity contribution is 5.53. The number of fused-ring (bicyclic) bond motifs is 1. The van der Waals surface area contributed by atoms with Crippen molar-refractivity contribution in [1.82, 2.24) is 25.1 Å². The summed E-state index contributed by atoms with van der Waals surface area (Å²) >= 11 is 0. The summed E-state index contributed by atoms with van der Waals surface area (Å²) in [7, 11) is 1.89. The van der Waals surface area contributed by atoms with Crippen molar-refractivity contribution < 1.29 is 0 Å². The molecular formula is C15H21N7. The molecule has 0 saturated carbocycles. The molecule has 4 rings (SSSR count). The van der Waals surface area contributed by atoms with Crippen LogP contribution in [0.3, 0.4) is 0 Å². The molecule has 116 valence electrons. The zero-order chi connectivity index (χ0) is 15.2. The second-order valence-corrected chi connectivity index (χ2v) is 6.63. The summed E-state index contributed by atoms with van der Waals surface area (Å²) in [5.74, 6) is 2.32. The number of hydrogen-bond acceptors (Lipinski definition) is 6. The van der Waals surface area contributed by atoms with Crippen LogP contribution in [0.15, 0.2) is 24.7 Å². The van der Waals surface area contributed by atoms with E-state index in [0.29, 0.717) is 17.3 Å². The van der Waals surface area contributed by atoms with Crippen LogP contribution in [0.4, 0.5) is 17.5 Å². The van der Waals surface area contributed by atoms with E-state index in [0.717, 1.165) is 37.7 Å². The van der Waals surface area contributed by atoms with Crippen molar-refractivity contribution in [1.29, 1.82) is 0 Å². The SMILES string of the molecule is Cn1cc(Nc2nccc(N3C[C@@H]4CNC[C@]4(C)C3)n2)cn1. The molecule has 7 heteroatoms. The van der Waals surface area contributed by atoms with Gasteiger partial charge in [-0.25, -0.2) is 4.98 Å². The van der Waals surface area contributed by atoms with Crippen LogP contribution in [-0.4, -0.2) is 45.9 Å². The van der Waals surface area contributed by atoms with Crippen molar-refractivity contribution in [3.05, 3.63) is 24.7 Å². The molecule has 0 spiro atoms. The Kier molecular flexibility index (Phi) is 3.04. The second-order valence-electron chi connectivity index (χ2n) is 6.63. The molecule has 2 fully saturated rings. The molecule has 2 aromatic rings. The fourth-order valence-corrected chi connectivity index (χ4v) is 3.53. The zero-order valence-corrected chi connectivity index (χ0v) is 13.0. The topological polar surface area (TPSA) is 70.9 Å². The summed E-state index contributed by atoms with van der Waals surface area (Å²) in [5, 5.41) is 10.8. The summed E-state index contributed by atoms with van der Waals surface area (Å²) in [4.78, 5) is 11.3. The van der Waals surface area contributed by atoms with Gasteiger partial charge in [0.25, 0.3) is 0 Å². The molecule has 2 aliphatic rings. The van der Waals surface area contributed by atoms with Crippen LogP contribution in [0.2, 0.25) is 0 Å². The number of anilines is 3.